The fraction of sp³-hybridized carbons (Fsp3) is 0.154. The number of Topliss-reactive ketones (excluding diaryl/α,β-unsaturated/α-hetero) is 1. The molecule has 0 fully saturated rings. The molecule has 1 heterocycles. The number of thiophene rings is 1. The number of aryl methyl sites for hydroxylation is 1. The topological polar surface area (TPSA) is 17.1 Å². The number of hydrogen-bond acceptors (Lipinski definition) is 2. The van der Waals surface area contributed by atoms with Crippen LogP contribution in [0.25, 0.3) is 0 Å². The summed E-state index contributed by atoms with van der Waals surface area (Å²) in [4.78, 5) is 12.9. The van der Waals surface area contributed by atoms with E-state index in [0.717, 1.165) is 20.3 Å². The summed E-state index contributed by atoms with van der Waals surface area (Å²) in [6.07, 6.45) is 0.431. The molecule has 16 heavy (non-hydrogen) atoms. The standard InChI is InChI=1S/C13H11ClOS/c1-9-3-2-4-10(7-9)12(15)8-11-5-6-13(14)16-11/h2-7H,8H2,1H3. The first-order valence-corrected chi connectivity index (χ1v) is 6.18. The zero-order valence-electron chi connectivity index (χ0n) is 8.87. The van der Waals surface area contributed by atoms with Gasteiger partial charge in [-0.25, -0.2) is 0 Å². The second-order valence-corrected chi connectivity index (χ2v) is 5.47. The van der Waals surface area contributed by atoms with E-state index in [9.17, 15) is 4.79 Å². The van der Waals surface area contributed by atoms with Crippen LogP contribution in [0, 0.1) is 6.92 Å². The highest BCUT2D eigenvalue weighted by Crippen LogP contribution is 2.22. The van der Waals surface area contributed by atoms with E-state index in [1.807, 2.05) is 43.3 Å². The minimum atomic E-state index is 0.141. The molecule has 0 amide bonds. The van der Waals surface area contributed by atoms with E-state index in [4.69, 9.17) is 11.6 Å². The van der Waals surface area contributed by atoms with E-state index >= 15 is 0 Å². The fourth-order valence-corrected chi connectivity index (χ4v) is 2.61. The summed E-state index contributed by atoms with van der Waals surface area (Å²) in [5, 5.41) is 0. The highest BCUT2D eigenvalue weighted by atomic mass is 35.5. The van der Waals surface area contributed by atoms with Crippen LogP contribution in [-0.4, -0.2) is 5.78 Å². The third-order valence-electron chi connectivity index (χ3n) is 2.30. The van der Waals surface area contributed by atoms with Gasteiger partial charge in [0.15, 0.2) is 5.78 Å². The molecule has 0 atom stereocenters. The number of rotatable bonds is 3. The summed E-state index contributed by atoms with van der Waals surface area (Å²) in [6.45, 7) is 1.98. The Morgan fingerprint density at radius 1 is 1.31 bits per heavy atom. The average molecular weight is 251 g/mol. The second-order valence-electron chi connectivity index (χ2n) is 3.68. The Balaban J connectivity index is 2.14. The van der Waals surface area contributed by atoms with E-state index < -0.39 is 0 Å². The lowest BCUT2D eigenvalue weighted by Crippen LogP contribution is -2.02. The highest BCUT2D eigenvalue weighted by molar-refractivity contribution is 7.16. The van der Waals surface area contributed by atoms with E-state index in [2.05, 4.69) is 0 Å². The van der Waals surface area contributed by atoms with Gasteiger partial charge in [-0.3, -0.25) is 4.79 Å². The normalized spacial score (nSPS) is 10.4. The lowest BCUT2D eigenvalue weighted by molar-refractivity contribution is 0.0994. The average Bonchev–Trinajstić information content (AvgIpc) is 2.64. The van der Waals surface area contributed by atoms with Crippen LogP contribution in [0.2, 0.25) is 4.34 Å². The molecule has 1 nitrogen and oxygen atoms in total. The van der Waals surface area contributed by atoms with Crippen LogP contribution < -0.4 is 0 Å². The molecule has 2 aromatic rings. The van der Waals surface area contributed by atoms with E-state index in [1.54, 1.807) is 0 Å². The molecule has 0 unspecified atom stereocenters. The van der Waals surface area contributed by atoms with Gasteiger partial charge in [-0.05, 0) is 25.1 Å². The monoisotopic (exact) mass is 250 g/mol. The number of halogens is 1. The van der Waals surface area contributed by atoms with Gasteiger partial charge < -0.3 is 0 Å². The zero-order valence-corrected chi connectivity index (χ0v) is 10.4. The predicted octanol–water partition coefficient (Wildman–Crippen LogP) is 4.14. The van der Waals surface area contributed by atoms with Crippen molar-refractivity contribution in [3.63, 3.8) is 0 Å². The molecule has 1 aromatic heterocycles. The van der Waals surface area contributed by atoms with Crippen LogP contribution in [0.15, 0.2) is 36.4 Å². The molecular formula is C13H11ClOS. The van der Waals surface area contributed by atoms with Crippen molar-refractivity contribution in [1.82, 2.24) is 0 Å². The van der Waals surface area contributed by atoms with Gasteiger partial charge >= 0.3 is 0 Å². The molecular weight excluding hydrogens is 240 g/mol. The molecule has 0 saturated heterocycles. The molecule has 1 aromatic carbocycles. The zero-order chi connectivity index (χ0) is 11.5. The SMILES string of the molecule is Cc1cccc(C(=O)Cc2ccc(Cl)s2)c1. The van der Waals surface area contributed by atoms with Crippen molar-refractivity contribution in [1.29, 1.82) is 0 Å². The van der Waals surface area contributed by atoms with Gasteiger partial charge in [0.2, 0.25) is 0 Å². The van der Waals surface area contributed by atoms with Crippen LogP contribution >= 0.6 is 22.9 Å². The first-order chi connectivity index (χ1) is 7.65. The molecule has 0 radical (unpaired) electrons. The summed E-state index contributed by atoms with van der Waals surface area (Å²) in [5.74, 6) is 0.141. The Morgan fingerprint density at radius 2 is 2.12 bits per heavy atom. The Hall–Kier alpha value is -1.12. The smallest absolute Gasteiger partial charge is 0.168 e. The summed E-state index contributed by atoms with van der Waals surface area (Å²) in [5.41, 5.74) is 1.87. The minimum Gasteiger partial charge on any atom is -0.294 e. The number of carbonyl (C=O) groups excluding carboxylic acids is 1. The summed E-state index contributed by atoms with van der Waals surface area (Å²) in [7, 11) is 0. The molecule has 0 spiro atoms. The third kappa shape index (κ3) is 2.71. The van der Waals surface area contributed by atoms with Crippen molar-refractivity contribution in [3.05, 3.63) is 56.7 Å². The van der Waals surface area contributed by atoms with Crippen LogP contribution in [0.3, 0.4) is 0 Å². The quantitative estimate of drug-likeness (QED) is 0.749. The maximum Gasteiger partial charge on any atom is 0.168 e. The van der Waals surface area contributed by atoms with Gasteiger partial charge in [0.1, 0.15) is 0 Å². The Bertz CT molecular complexity index is 516. The van der Waals surface area contributed by atoms with Crippen LogP contribution in [0.1, 0.15) is 20.8 Å². The molecule has 2 rings (SSSR count). The number of carbonyl (C=O) groups is 1. The Morgan fingerprint density at radius 3 is 2.75 bits per heavy atom. The number of benzene rings is 1. The predicted molar refractivity (Wildman–Crippen MR) is 68.5 cm³/mol. The second kappa shape index (κ2) is 4.81. The lowest BCUT2D eigenvalue weighted by Gasteiger charge is -2.00. The number of hydrogen-bond donors (Lipinski definition) is 0. The fourth-order valence-electron chi connectivity index (χ4n) is 1.53. The van der Waals surface area contributed by atoms with Gasteiger partial charge in [-0.1, -0.05) is 35.4 Å². The van der Waals surface area contributed by atoms with Crippen molar-refractivity contribution in [2.24, 2.45) is 0 Å². The van der Waals surface area contributed by atoms with E-state index in [0.29, 0.717) is 6.42 Å². The molecule has 0 aliphatic carbocycles. The van der Waals surface area contributed by atoms with Gasteiger partial charge in [-0.15, -0.1) is 11.3 Å². The van der Waals surface area contributed by atoms with Crippen molar-refractivity contribution in [2.75, 3.05) is 0 Å². The van der Waals surface area contributed by atoms with Crippen molar-refractivity contribution >= 4 is 28.7 Å². The Labute approximate surface area is 104 Å². The third-order valence-corrected chi connectivity index (χ3v) is 3.53. The summed E-state index contributed by atoms with van der Waals surface area (Å²) < 4.78 is 0.729. The van der Waals surface area contributed by atoms with Crippen molar-refractivity contribution in [3.8, 4) is 0 Å². The lowest BCUT2D eigenvalue weighted by atomic mass is 10.1. The molecule has 82 valence electrons. The minimum absolute atomic E-state index is 0.141. The van der Waals surface area contributed by atoms with Crippen molar-refractivity contribution < 1.29 is 4.79 Å². The van der Waals surface area contributed by atoms with Crippen LogP contribution in [-0.2, 0) is 6.42 Å². The molecule has 0 bridgehead atoms. The molecule has 0 N–H and O–H groups in total. The molecule has 0 aliphatic rings. The summed E-state index contributed by atoms with van der Waals surface area (Å²) in [6, 6.07) is 11.4. The van der Waals surface area contributed by atoms with Crippen molar-refractivity contribution in [2.45, 2.75) is 13.3 Å². The first-order valence-electron chi connectivity index (χ1n) is 4.99. The highest BCUT2D eigenvalue weighted by Gasteiger charge is 2.08. The first kappa shape index (κ1) is 11.4. The Kier molecular flexibility index (Phi) is 3.42. The molecule has 0 aliphatic heterocycles. The van der Waals surface area contributed by atoms with E-state index in [1.165, 1.54) is 11.3 Å². The largest absolute Gasteiger partial charge is 0.294 e. The summed E-state index contributed by atoms with van der Waals surface area (Å²) >= 11 is 7.28. The van der Waals surface area contributed by atoms with Gasteiger partial charge in [0, 0.05) is 16.9 Å². The van der Waals surface area contributed by atoms with E-state index in [-0.39, 0.29) is 5.78 Å². The molecule has 0 saturated carbocycles. The maximum atomic E-state index is 11.9. The van der Waals surface area contributed by atoms with Crippen LogP contribution in [0.4, 0.5) is 0 Å². The van der Waals surface area contributed by atoms with Gasteiger partial charge in [0.25, 0.3) is 0 Å². The number of ketones is 1. The van der Waals surface area contributed by atoms with Crippen LogP contribution in [0.5, 0.6) is 0 Å². The molecule has 3 heteroatoms. The van der Waals surface area contributed by atoms with Gasteiger partial charge in [-0.2, -0.15) is 0 Å². The maximum absolute atomic E-state index is 11.9. The van der Waals surface area contributed by atoms with Gasteiger partial charge in [0.05, 0.1) is 4.34 Å².